The Kier molecular flexibility index (Phi) is 7.63. The molecule has 0 aromatic carbocycles. The van der Waals surface area contributed by atoms with E-state index in [1.807, 2.05) is 32.9 Å². The van der Waals surface area contributed by atoms with Crippen molar-refractivity contribution in [1.82, 2.24) is 14.3 Å². The number of nitrogens with zero attached hydrogens (tertiary/aromatic N) is 3. The van der Waals surface area contributed by atoms with Gasteiger partial charge in [0.25, 0.3) is 11.5 Å². The molecule has 0 bridgehead atoms. The van der Waals surface area contributed by atoms with E-state index in [2.05, 4.69) is 5.32 Å². The van der Waals surface area contributed by atoms with Crippen molar-refractivity contribution in [3.8, 4) is 0 Å². The number of pyridine rings is 1. The highest BCUT2D eigenvalue weighted by Crippen LogP contribution is 2.33. The average molecular weight is 447 g/mol. The van der Waals surface area contributed by atoms with E-state index in [0.29, 0.717) is 52.6 Å². The summed E-state index contributed by atoms with van der Waals surface area (Å²) in [6, 6.07) is 3.72. The van der Waals surface area contributed by atoms with Gasteiger partial charge in [0.15, 0.2) is 0 Å². The zero-order valence-corrected chi connectivity index (χ0v) is 19.1. The third-order valence-electron chi connectivity index (χ3n) is 4.64. The van der Waals surface area contributed by atoms with E-state index in [9.17, 15) is 9.59 Å². The SMILES string of the molecule is CCCN1C(=O)/C(=C/c2c(NCCCOCC)nc3c(C)cccn3c2=O)SC1=S. The summed E-state index contributed by atoms with van der Waals surface area (Å²) in [6.07, 6.45) is 4.90. The molecule has 9 heteroatoms. The highest BCUT2D eigenvalue weighted by Gasteiger charge is 2.32. The molecule has 2 aromatic heterocycles. The first-order valence-electron chi connectivity index (χ1n) is 10.1. The summed E-state index contributed by atoms with van der Waals surface area (Å²) >= 11 is 6.57. The second-order valence-corrected chi connectivity index (χ2v) is 8.55. The standard InChI is InChI=1S/C21H26N4O3S2/c1-4-10-25-20(27)16(30-21(25)29)13-15-17(22-9-7-12-28-5-2)23-18-14(3)8-6-11-24(18)19(15)26/h6,8,11,13,22H,4-5,7,9-10,12H2,1-3H3/b16-13-. The van der Waals surface area contributed by atoms with Gasteiger partial charge in [-0.15, -0.1) is 0 Å². The van der Waals surface area contributed by atoms with Crippen LogP contribution in [0.1, 0.15) is 37.8 Å². The Bertz CT molecular complexity index is 1050. The summed E-state index contributed by atoms with van der Waals surface area (Å²) in [4.78, 5) is 32.7. The highest BCUT2D eigenvalue weighted by molar-refractivity contribution is 8.26. The number of hydrogen-bond acceptors (Lipinski definition) is 7. The van der Waals surface area contributed by atoms with E-state index in [4.69, 9.17) is 21.9 Å². The van der Waals surface area contributed by atoms with Crippen molar-refractivity contribution in [3.05, 3.63) is 44.7 Å². The zero-order valence-electron chi connectivity index (χ0n) is 17.4. The monoisotopic (exact) mass is 446 g/mol. The predicted octanol–water partition coefficient (Wildman–Crippen LogP) is 3.45. The Morgan fingerprint density at radius 2 is 2.13 bits per heavy atom. The van der Waals surface area contributed by atoms with Crippen molar-refractivity contribution >= 4 is 51.7 Å². The average Bonchev–Trinajstić information content (AvgIpc) is 2.99. The normalized spacial score (nSPS) is 15.6. The number of anilines is 1. The van der Waals surface area contributed by atoms with Gasteiger partial charge in [-0.25, -0.2) is 4.98 Å². The molecule has 1 aliphatic rings. The molecule has 0 unspecified atom stereocenters. The third kappa shape index (κ3) is 4.74. The topological polar surface area (TPSA) is 75.9 Å². The number of hydrogen-bond donors (Lipinski definition) is 1. The molecule has 3 heterocycles. The minimum Gasteiger partial charge on any atom is -0.382 e. The van der Waals surface area contributed by atoms with E-state index in [1.165, 1.54) is 16.2 Å². The number of thiocarbonyl (C=S) groups is 1. The molecule has 3 rings (SSSR count). The van der Waals surface area contributed by atoms with Crippen LogP contribution in [0.2, 0.25) is 0 Å². The van der Waals surface area contributed by atoms with Crippen LogP contribution in [0.15, 0.2) is 28.0 Å². The molecule has 7 nitrogen and oxygen atoms in total. The minimum atomic E-state index is -0.225. The Balaban J connectivity index is 2.02. The van der Waals surface area contributed by atoms with Gasteiger partial charge in [0.2, 0.25) is 0 Å². The fourth-order valence-electron chi connectivity index (χ4n) is 3.15. The van der Waals surface area contributed by atoms with Crippen LogP contribution >= 0.6 is 24.0 Å². The first-order chi connectivity index (χ1) is 14.5. The second kappa shape index (κ2) is 10.2. The maximum Gasteiger partial charge on any atom is 0.267 e. The summed E-state index contributed by atoms with van der Waals surface area (Å²) in [5, 5.41) is 3.25. The summed E-state index contributed by atoms with van der Waals surface area (Å²) in [7, 11) is 0. The van der Waals surface area contributed by atoms with Gasteiger partial charge in [-0.1, -0.05) is 37.0 Å². The molecule has 0 spiro atoms. The number of aryl methyl sites for hydroxylation is 1. The number of ether oxygens (including phenoxy) is 1. The molecule has 2 aromatic rings. The van der Waals surface area contributed by atoms with E-state index in [-0.39, 0.29) is 11.5 Å². The quantitative estimate of drug-likeness (QED) is 0.359. The van der Waals surface area contributed by atoms with Crippen LogP contribution in [-0.2, 0) is 9.53 Å². The second-order valence-electron chi connectivity index (χ2n) is 6.87. The number of fused-ring (bicyclic) bond motifs is 1. The summed E-state index contributed by atoms with van der Waals surface area (Å²) in [5.41, 5.74) is 1.61. The molecule has 1 fully saturated rings. The number of carbonyl (C=O) groups is 1. The number of aromatic nitrogens is 2. The lowest BCUT2D eigenvalue weighted by atomic mass is 10.2. The van der Waals surface area contributed by atoms with Crippen LogP contribution < -0.4 is 10.9 Å². The Hall–Kier alpha value is -2.23. The molecule has 0 radical (unpaired) electrons. The Morgan fingerprint density at radius 1 is 1.33 bits per heavy atom. The maximum absolute atomic E-state index is 13.3. The third-order valence-corrected chi connectivity index (χ3v) is 6.02. The number of rotatable bonds is 9. The van der Waals surface area contributed by atoms with Crippen LogP contribution in [-0.4, -0.2) is 50.8 Å². The van der Waals surface area contributed by atoms with Crippen molar-refractivity contribution in [2.75, 3.05) is 31.6 Å². The van der Waals surface area contributed by atoms with E-state index < -0.39 is 0 Å². The molecule has 1 aliphatic heterocycles. The van der Waals surface area contributed by atoms with Crippen LogP contribution in [0, 0.1) is 6.92 Å². The van der Waals surface area contributed by atoms with Gasteiger partial charge in [0, 0.05) is 32.5 Å². The lowest BCUT2D eigenvalue weighted by Crippen LogP contribution is -2.28. The van der Waals surface area contributed by atoms with Crippen LogP contribution in [0.25, 0.3) is 11.7 Å². The first kappa shape index (κ1) is 22.5. The number of carbonyl (C=O) groups excluding carboxylic acids is 1. The van der Waals surface area contributed by atoms with Crippen LogP contribution in [0.5, 0.6) is 0 Å². The highest BCUT2D eigenvalue weighted by atomic mass is 32.2. The molecule has 1 amide bonds. The lowest BCUT2D eigenvalue weighted by molar-refractivity contribution is -0.122. The van der Waals surface area contributed by atoms with Crippen molar-refractivity contribution in [1.29, 1.82) is 0 Å². The number of nitrogens with one attached hydrogen (secondary N) is 1. The number of thioether (sulfide) groups is 1. The van der Waals surface area contributed by atoms with Gasteiger partial charge < -0.3 is 10.1 Å². The predicted molar refractivity (Wildman–Crippen MR) is 126 cm³/mol. The van der Waals surface area contributed by atoms with E-state index >= 15 is 0 Å². The summed E-state index contributed by atoms with van der Waals surface area (Å²) in [5.74, 6) is 0.300. The van der Waals surface area contributed by atoms with E-state index in [1.54, 1.807) is 17.2 Å². The van der Waals surface area contributed by atoms with Crippen molar-refractivity contribution in [2.45, 2.75) is 33.6 Å². The van der Waals surface area contributed by atoms with Crippen LogP contribution in [0.4, 0.5) is 5.82 Å². The Morgan fingerprint density at radius 3 is 2.87 bits per heavy atom. The molecule has 1 N–H and O–H groups in total. The minimum absolute atomic E-state index is 0.164. The Labute approximate surface area is 185 Å². The van der Waals surface area contributed by atoms with Crippen molar-refractivity contribution < 1.29 is 9.53 Å². The molecular weight excluding hydrogens is 420 g/mol. The largest absolute Gasteiger partial charge is 0.382 e. The molecule has 0 atom stereocenters. The van der Waals surface area contributed by atoms with Gasteiger partial charge in [0.1, 0.15) is 15.8 Å². The van der Waals surface area contributed by atoms with Crippen molar-refractivity contribution in [2.24, 2.45) is 0 Å². The molecular formula is C21H26N4O3S2. The smallest absolute Gasteiger partial charge is 0.267 e. The van der Waals surface area contributed by atoms with Gasteiger partial charge in [0.05, 0.1) is 10.5 Å². The van der Waals surface area contributed by atoms with Gasteiger partial charge in [-0.3, -0.25) is 18.9 Å². The molecule has 30 heavy (non-hydrogen) atoms. The summed E-state index contributed by atoms with van der Waals surface area (Å²) < 4.78 is 7.41. The molecule has 160 valence electrons. The van der Waals surface area contributed by atoms with Crippen LogP contribution in [0.3, 0.4) is 0 Å². The maximum atomic E-state index is 13.3. The molecule has 0 aliphatic carbocycles. The van der Waals surface area contributed by atoms with Gasteiger partial charge >= 0.3 is 0 Å². The van der Waals surface area contributed by atoms with Crippen molar-refractivity contribution in [3.63, 3.8) is 0 Å². The van der Waals surface area contributed by atoms with Gasteiger partial charge in [-0.2, -0.15) is 0 Å². The zero-order chi connectivity index (χ0) is 21.7. The fourth-order valence-corrected chi connectivity index (χ4v) is 4.44. The van der Waals surface area contributed by atoms with E-state index in [0.717, 1.165) is 18.4 Å². The van der Waals surface area contributed by atoms with Gasteiger partial charge in [-0.05, 0) is 44.4 Å². The lowest BCUT2D eigenvalue weighted by Gasteiger charge is -2.13. The summed E-state index contributed by atoms with van der Waals surface area (Å²) in [6.45, 7) is 8.32. The molecule has 0 saturated carbocycles. The number of amides is 1. The fraction of sp³-hybridized carbons (Fsp3) is 0.429. The first-order valence-corrected chi connectivity index (χ1v) is 11.3. The molecule has 1 saturated heterocycles.